The van der Waals surface area contributed by atoms with Gasteiger partial charge in [0.25, 0.3) is 5.91 Å². The molecule has 4 nitrogen and oxygen atoms in total. The number of hydrogen-bond donors (Lipinski definition) is 1. The third kappa shape index (κ3) is 5.83. The molecule has 0 unspecified atom stereocenters. The smallest absolute Gasteiger partial charge is 0.277 e. The van der Waals surface area contributed by atoms with Crippen LogP contribution in [0.1, 0.15) is 30.9 Å². The quantitative estimate of drug-likeness (QED) is 0.527. The van der Waals surface area contributed by atoms with E-state index in [1.165, 1.54) is 30.0 Å². The van der Waals surface area contributed by atoms with Crippen molar-refractivity contribution in [3.05, 3.63) is 62.8 Å². The highest BCUT2D eigenvalue weighted by molar-refractivity contribution is 9.10. The van der Waals surface area contributed by atoms with E-state index in [4.69, 9.17) is 16.3 Å². The van der Waals surface area contributed by atoms with E-state index < -0.39 is 11.7 Å². The van der Waals surface area contributed by atoms with E-state index in [9.17, 15) is 9.18 Å². The number of carbonyl (C=O) groups is 1. The second-order valence-electron chi connectivity index (χ2n) is 5.59. The van der Waals surface area contributed by atoms with Crippen LogP contribution < -0.4 is 10.2 Å². The summed E-state index contributed by atoms with van der Waals surface area (Å²) in [6, 6.07) is 9.64. The first-order chi connectivity index (χ1) is 11.9. The number of rotatable bonds is 6. The lowest BCUT2D eigenvalue weighted by molar-refractivity contribution is -0.123. The zero-order valence-corrected chi connectivity index (χ0v) is 16.1. The lowest BCUT2D eigenvalue weighted by Gasteiger charge is -2.10. The maximum atomic E-state index is 12.9. The predicted octanol–water partition coefficient (Wildman–Crippen LogP) is 4.89. The van der Waals surface area contributed by atoms with Crippen LogP contribution in [-0.4, -0.2) is 18.7 Å². The molecule has 2 aromatic carbocycles. The molecule has 2 rings (SSSR count). The first-order valence-electron chi connectivity index (χ1n) is 7.56. The van der Waals surface area contributed by atoms with Crippen LogP contribution in [0.25, 0.3) is 0 Å². The number of nitrogens with one attached hydrogen (secondary N) is 1. The second kappa shape index (κ2) is 8.97. The van der Waals surface area contributed by atoms with Crippen LogP contribution in [-0.2, 0) is 4.79 Å². The standard InChI is InChI=1S/C18H17BrClFN2O2/c1-11(2)12-4-6-17(15(19)7-12)25-10-18(24)23-22-9-13-3-5-14(21)8-16(13)20/h3-9,11H,10H2,1-2H3,(H,23,24)/b22-9+. The molecule has 1 amide bonds. The van der Waals surface area contributed by atoms with Crippen molar-refractivity contribution in [3.8, 4) is 5.75 Å². The number of hydrogen-bond acceptors (Lipinski definition) is 3. The maximum absolute atomic E-state index is 12.9. The van der Waals surface area contributed by atoms with Crippen molar-refractivity contribution in [2.24, 2.45) is 5.10 Å². The van der Waals surface area contributed by atoms with Gasteiger partial charge in [0.2, 0.25) is 0 Å². The normalized spacial score (nSPS) is 11.1. The molecule has 0 aliphatic rings. The van der Waals surface area contributed by atoms with E-state index in [1.807, 2.05) is 18.2 Å². The summed E-state index contributed by atoms with van der Waals surface area (Å²) in [7, 11) is 0. The Morgan fingerprint density at radius 3 is 2.76 bits per heavy atom. The third-order valence-electron chi connectivity index (χ3n) is 3.34. The third-order valence-corrected chi connectivity index (χ3v) is 4.28. The first kappa shape index (κ1) is 19.4. The van der Waals surface area contributed by atoms with Crippen molar-refractivity contribution in [1.29, 1.82) is 0 Å². The molecular weight excluding hydrogens is 411 g/mol. The van der Waals surface area contributed by atoms with E-state index in [1.54, 1.807) is 0 Å². The topological polar surface area (TPSA) is 50.7 Å². The Hall–Kier alpha value is -1.92. The SMILES string of the molecule is CC(C)c1ccc(OCC(=O)N/N=C/c2ccc(F)cc2Cl)c(Br)c1. The summed E-state index contributed by atoms with van der Waals surface area (Å²) in [6.45, 7) is 4.01. The average molecular weight is 428 g/mol. The minimum absolute atomic E-state index is 0.186. The summed E-state index contributed by atoms with van der Waals surface area (Å²) in [4.78, 5) is 11.8. The number of nitrogens with zero attached hydrogens (tertiary/aromatic N) is 1. The summed E-state index contributed by atoms with van der Waals surface area (Å²) in [5.74, 6) is 0.120. The molecule has 1 N–H and O–H groups in total. The van der Waals surface area contributed by atoms with Gasteiger partial charge in [-0.15, -0.1) is 0 Å². The molecular formula is C18H17BrClFN2O2. The molecule has 0 radical (unpaired) electrons. The van der Waals surface area contributed by atoms with Crippen molar-refractivity contribution < 1.29 is 13.9 Å². The van der Waals surface area contributed by atoms with Crippen molar-refractivity contribution in [1.82, 2.24) is 5.43 Å². The average Bonchev–Trinajstić information content (AvgIpc) is 2.55. The van der Waals surface area contributed by atoms with Gasteiger partial charge in [-0.2, -0.15) is 5.10 Å². The van der Waals surface area contributed by atoms with E-state index in [2.05, 4.69) is 40.3 Å². The molecule has 25 heavy (non-hydrogen) atoms. The summed E-state index contributed by atoms with van der Waals surface area (Å²) in [6.07, 6.45) is 1.34. The predicted molar refractivity (Wildman–Crippen MR) is 101 cm³/mol. The Labute approximate surface area is 159 Å². The Morgan fingerprint density at radius 1 is 1.36 bits per heavy atom. The van der Waals surface area contributed by atoms with Crippen LogP contribution >= 0.6 is 27.5 Å². The minimum atomic E-state index is -0.436. The molecule has 0 aliphatic carbocycles. The lowest BCUT2D eigenvalue weighted by Crippen LogP contribution is -2.24. The van der Waals surface area contributed by atoms with Gasteiger partial charge in [-0.3, -0.25) is 4.79 Å². The van der Waals surface area contributed by atoms with Gasteiger partial charge in [0, 0.05) is 5.56 Å². The number of halogens is 3. The monoisotopic (exact) mass is 426 g/mol. The molecule has 7 heteroatoms. The highest BCUT2D eigenvalue weighted by atomic mass is 79.9. The molecule has 0 saturated carbocycles. The fraction of sp³-hybridized carbons (Fsp3) is 0.222. The van der Waals surface area contributed by atoms with Crippen LogP contribution in [0.4, 0.5) is 4.39 Å². The molecule has 0 atom stereocenters. The van der Waals surface area contributed by atoms with E-state index >= 15 is 0 Å². The zero-order valence-electron chi connectivity index (χ0n) is 13.7. The van der Waals surface area contributed by atoms with Crippen molar-refractivity contribution in [3.63, 3.8) is 0 Å². The number of benzene rings is 2. The molecule has 0 saturated heterocycles. The van der Waals surface area contributed by atoms with E-state index in [0.717, 1.165) is 4.47 Å². The molecule has 0 heterocycles. The zero-order chi connectivity index (χ0) is 18.4. The Bertz CT molecular complexity index is 797. The van der Waals surface area contributed by atoms with Crippen LogP contribution in [0.15, 0.2) is 46.0 Å². The minimum Gasteiger partial charge on any atom is -0.483 e. The van der Waals surface area contributed by atoms with Gasteiger partial charge in [-0.25, -0.2) is 9.82 Å². The van der Waals surface area contributed by atoms with E-state index in [0.29, 0.717) is 17.2 Å². The molecule has 0 aromatic heterocycles. The first-order valence-corrected chi connectivity index (χ1v) is 8.73. The van der Waals surface area contributed by atoms with Gasteiger partial charge in [0.1, 0.15) is 11.6 Å². The van der Waals surface area contributed by atoms with Gasteiger partial charge in [-0.05, 0) is 57.7 Å². The highest BCUT2D eigenvalue weighted by Crippen LogP contribution is 2.28. The maximum Gasteiger partial charge on any atom is 0.277 e. The Morgan fingerprint density at radius 2 is 2.12 bits per heavy atom. The fourth-order valence-electron chi connectivity index (χ4n) is 1.95. The van der Waals surface area contributed by atoms with Crippen LogP contribution in [0.5, 0.6) is 5.75 Å². The van der Waals surface area contributed by atoms with Crippen LogP contribution in [0.3, 0.4) is 0 Å². The summed E-state index contributed by atoms with van der Waals surface area (Å²) in [5, 5.41) is 3.99. The van der Waals surface area contributed by atoms with E-state index in [-0.39, 0.29) is 11.6 Å². The van der Waals surface area contributed by atoms with Crippen LogP contribution in [0.2, 0.25) is 5.02 Å². The number of hydrazone groups is 1. The largest absolute Gasteiger partial charge is 0.483 e. The number of amides is 1. The van der Waals surface area contributed by atoms with Gasteiger partial charge < -0.3 is 4.74 Å². The van der Waals surface area contributed by atoms with Gasteiger partial charge >= 0.3 is 0 Å². The van der Waals surface area contributed by atoms with Crippen molar-refractivity contribution in [2.45, 2.75) is 19.8 Å². The summed E-state index contributed by atoms with van der Waals surface area (Å²) >= 11 is 9.30. The highest BCUT2D eigenvalue weighted by Gasteiger charge is 2.08. The number of carbonyl (C=O) groups excluding carboxylic acids is 1. The number of ether oxygens (including phenoxy) is 1. The second-order valence-corrected chi connectivity index (χ2v) is 6.85. The molecule has 0 bridgehead atoms. The lowest BCUT2D eigenvalue weighted by atomic mass is 10.0. The molecule has 132 valence electrons. The van der Waals surface area contributed by atoms with Gasteiger partial charge in [-0.1, -0.05) is 31.5 Å². The Balaban J connectivity index is 1.87. The molecule has 2 aromatic rings. The van der Waals surface area contributed by atoms with Gasteiger partial charge in [0.05, 0.1) is 15.7 Å². The summed E-state index contributed by atoms with van der Waals surface area (Å²) in [5.41, 5.74) is 4.00. The van der Waals surface area contributed by atoms with Crippen LogP contribution in [0, 0.1) is 5.82 Å². The fourth-order valence-corrected chi connectivity index (χ4v) is 2.68. The molecule has 0 fully saturated rings. The Kier molecular flexibility index (Phi) is 6.96. The summed E-state index contributed by atoms with van der Waals surface area (Å²) < 4.78 is 19.2. The van der Waals surface area contributed by atoms with Crippen molar-refractivity contribution >= 4 is 39.7 Å². The molecule has 0 spiro atoms. The van der Waals surface area contributed by atoms with Crippen molar-refractivity contribution in [2.75, 3.05) is 6.61 Å². The molecule has 0 aliphatic heterocycles. The van der Waals surface area contributed by atoms with Gasteiger partial charge in [0.15, 0.2) is 6.61 Å².